The third-order valence-electron chi connectivity index (χ3n) is 1.97. The molecule has 0 aliphatic heterocycles. The molecule has 3 N–H and O–H groups in total. The summed E-state index contributed by atoms with van der Waals surface area (Å²) in [7, 11) is 1.96. The summed E-state index contributed by atoms with van der Waals surface area (Å²) in [5.74, 6) is 0. The summed E-state index contributed by atoms with van der Waals surface area (Å²) >= 11 is 0. The van der Waals surface area contributed by atoms with Crippen molar-refractivity contribution in [3.8, 4) is 0 Å². The van der Waals surface area contributed by atoms with E-state index in [1.54, 1.807) is 0 Å². The minimum absolute atomic E-state index is 0.713. The van der Waals surface area contributed by atoms with E-state index < -0.39 is 0 Å². The van der Waals surface area contributed by atoms with Crippen molar-refractivity contribution < 1.29 is 0 Å². The maximum absolute atomic E-state index is 5.51. The molecule has 1 aliphatic carbocycles. The van der Waals surface area contributed by atoms with E-state index in [2.05, 4.69) is 29.6 Å². The lowest BCUT2D eigenvalue weighted by Crippen LogP contribution is -2.10. The van der Waals surface area contributed by atoms with Gasteiger partial charge in [0.1, 0.15) is 0 Å². The predicted octanol–water partition coefficient (Wildman–Crippen LogP) is 1.32. The maximum Gasteiger partial charge on any atom is 0.0175 e. The quantitative estimate of drug-likeness (QED) is 0.660. The van der Waals surface area contributed by atoms with E-state index in [1.165, 1.54) is 11.3 Å². The summed E-state index contributed by atoms with van der Waals surface area (Å²) in [5.41, 5.74) is 8.12. The normalized spacial score (nSPS) is 16.5. The first kappa shape index (κ1) is 9.07. The second kappa shape index (κ2) is 4.78. The van der Waals surface area contributed by atoms with Gasteiger partial charge in [-0.3, -0.25) is 0 Å². The zero-order valence-corrected chi connectivity index (χ0v) is 7.51. The smallest absolute Gasteiger partial charge is 0.0175 e. The summed E-state index contributed by atoms with van der Waals surface area (Å²) in [4.78, 5) is 0. The van der Waals surface area contributed by atoms with Gasteiger partial charge in [-0.25, -0.2) is 0 Å². The van der Waals surface area contributed by atoms with Crippen LogP contribution in [0.3, 0.4) is 0 Å². The molecule has 0 unspecified atom stereocenters. The lowest BCUT2D eigenvalue weighted by Gasteiger charge is -2.08. The molecule has 0 aromatic carbocycles. The Morgan fingerprint density at radius 1 is 1.50 bits per heavy atom. The van der Waals surface area contributed by atoms with Crippen molar-refractivity contribution in [2.45, 2.75) is 12.8 Å². The van der Waals surface area contributed by atoms with E-state index in [9.17, 15) is 0 Å². The molecule has 0 saturated heterocycles. The van der Waals surface area contributed by atoms with Crippen molar-refractivity contribution in [3.63, 3.8) is 0 Å². The topological polar surface area (TPSA) is 38.0 Å². The fourth-order valence-electron chi connectivity index (χ4n) is 1.32. The molecule has 0 fully saturated rings. The molecule has 0 aromatic rings. The second-order valence-corrected chi connectivity index (χ2v) is 2.78. The fourth-order valence-corrected chi connectivity index (χ4v) is 1.32. The Balaban J connectivity index is 2.78. The van der Waals surface area contributed by atoms with Crippen molar-refractivity contribution in [1.29, 1.82) is 0 Å². The van der Waals surface area contributed by atoms with Crippen molar-refractivity contribution >= 4 is 0 Å². The highest BCUT2D eigenvalue weighted by Crippen LogP contribution is 2.14. The van der Waals surface area contributed by atoms with Gasteiger partial charge in [-0.1, -0.05) is 24.3 Å². The van der Waals surface area contributed by atoms with Gasteiger partial charge in [-0.05, 0) is 18.5 Å². The van der Waals surface area contributed by atoms with Crippen LogP contribution in [-0.2, 0) is 0 Å². The van der Waals surface area contributed by atoms with Crippen molar-refractivity contribution in [2.24, 2.45) is 5.73 Å². The number of nitrogens with one attached hydrogen (secondary N) is 1. The molecular formula is C10H16N2. The van der Waals surface area contributed by atoms with Crippen molar-refractivity contribution in [2.75, 3.05) is 13.6 Å². The highest BCUT2D eigenvalue weighted by molar-refractivity contribution is 5.31. The zero-order chi connectivity index (χ0) is 8.81. The average molecular weight is 164 g/mol. The molecule has 0 aromatic heterocycles. The van der Waals surface area contributed by atoms with Crippen LogP contribution in [0.5, 0.6) is 0 Å². The standard InChI is InChI=1S/C10H16N2/c1-12-10-6-4-2-3-5-9(10)7-8-11/h2-5,12H,6-8,11H2,1H3. The first-order valence-electron chi connectivity index (χ1n) is 4.31. The summed E-state index contributed by atoms with van der Waals surface area (Å²) in [6.07, 6.45) is 10.3. The van der Waals surface area contributed by atoms with Gasteiger partial charge in [0, 0.05) is 19.2 Å². The van der Waals surface area contributed by atoms with Gasteiger partial charge in [-0.15, -0.1) is 0 Å². The number of nitrogens with two attached hydrogens (primary N) is 1. The van der Waals surface area contributed by atoms with Crippen LogP contribution >= 0.6 is 0 Å². The van der Waals surface area contributed by atoms with Crippen LogP contribution in [0.1, 0.15) is 12.8 Å². The highest BCUT2D eigenvalue weighted by atomic mass is 14.8. The molecule has 0 spiro atoms. The summed E-state index contributed by atoms with van der Waals surface area (Å²) < 4.78 is 0. The predicted molar refractivity (Wildman–Crippen MR) is 52.7 cm³/mol. The maximum atomic E-state index is 5.51. The Morgan fingerprint density at radius 2 is 2.33 bits per heavy atom. The highest BCUT2D eigenvalue weighted by Gasteiger charge is 2.01. The van der Waals surface area contributed by atoms with Crippen LogP contribution < -0.4 is 11.1 Å². The first-order chi connectivity index (χ1) is 5.88. The van der Waals surface area contributed by atoms with Gasteiger partial charge >= 0.3 is 0 Å². The van der Waals surface area contributed by atoms with Crippen LogP contribution in [0.2, 0.25) is 0 Å². The Labute approximate surface area is 73.8 Å². The summed E-state index contributed by atoms with van der Waals surface area (Å²) in [5, 5.41) is 3.20. The molecule has 0 radical (unpaired) electrons. The van der Waals surface area contributed by atoms with Gasteiger partial charge in [0.2, 0.25) is 0 Å². The van der Waals surface area contributed by atoms with E-state index in [1.807, 2.05) is 7.05 Å². The Bertz CT molecular complexity index is 224. The molecule has 0 saturated carbocycles. The number of allylic oxidation sites excluding steroid dienone is 4. The third-order valence-corrected chi connectivity index (χ3v) is 1.97. The first-order valence-corrected chi connectivity index (χ1v) is 4.31. The lowest BCUT2D eigenvalue weighted by atomic mass is 10.1. The number of hydrogen-bond donors (Lipinski definition) is 2. The second-order valence-electron chi connectivity index (χ2n) is 2.78. The third kappa shape index (κ3) is 2.24. The lowest BCUT2D eigenvalue weighted by molar-refractivity contribution is 0.873. The molecule has 1 aliphatic rings. The van der Waals surface area contributed by atoms with E-state index in [-0.39, 0.29) is 0 Å². The van der Waals surface area contributed by atoms with Crippen molar-refractivity contribution in [3.05, 3.63) is 35.6 Å². The Hall–Kier alpha value is -1.02. The van der Waals surface area contributed by atoms with E-state index in [4.69, 9.17) is 5.73 Å². The minimum Gasteiger partial charge on any atom is -0.391 e. The Kier molecular flexibility index (Phi) is 3.61. The Morgan fingerprint density at radius 3 is 3.00 bits per heavy atom. The van der Waals surface area contributed by atoms with Gasteiger partial charge in [0.05, 0.1) is 0 Å². The van der Waals surface area contributed by atoms with Crippen LogP contribution in [0.25, 0.3) is 0 Å². The zero-order valence-electron chi connectivity index (χ0n) is 7.51. The fraction of sp³-hybridized carbons (Fsp3) is 0.400. The number of rotatable bonds is 3. The monoisotopic (exact) mass is 164 g/mol. The molecule has 66 valence electrons. The van der Waals surface area contributed by atoms with Gasteiger partial charge in [0.15, 0.2) is 0 Å². The van der Waals surface area contributed by atoms with E-state index >= 15 is 0 Å². The van der Waals surface area contributed by atoms with E-state index in [0.717, 1.165) is 12.8 Å². The molecule has 12 heavy (non-hydrogen) atoms. The van der Waals surface area contributed by atoms with Crippen LogP contribution in [-0.4, -0.2) is 13.6 Å². The van der Waals surface area contributed by atoms with Crippen LogP contribution in [0.4, 0.5) is 0 Å². The molecular weight excluding hydrogens is 148 g/mol. The number of hydrogen-bond acceptors (Lipinski definition) is 2. The SMILES string of the molecule is CNC1=C(CCN)C=CC=CC1. The minimum atomic E-state index is 0.713. The van der Waals surface area contributed by atoms with E-state index in [0.29, 0.717) is 6.54 Å². The molecule has 0 amide bonds. The average Bonchev–Trinajstić information content (AvgIpc) is 2.30. The molecule has 0 bridgehead atoms. The van der Waals surface area contributed by atoms with Crippen molar-refractivity contribution in [1.82, 2.24) is 5.32 Å². The summed E-state index contributed by atoms with van der Waals surface area (Å²) in [6, 6.07) is 0. The molecule has 0 heterocycles. The van der Waals surface area contributed by atoms with Gasteiger partial charge < -0.3 is 11.1 Å². The van der Waals surface area contributed by atoms with Crippen LogP contribution in [0.15, 0.2) is 35.6 Å². The van der Waals surface area contributed by atoms with Gasteiger partial charge in [0.25, 0.3) is 0 Å². The molecule has 2 heteroatoms. The molecule has 1 rings (SSSR count). The molecule has 0 atom stereocenters. The van der Waals surface area contributed by atoms with Gasteiger partial charge in [-0.2, -0.15) is 0 Å². The van der Waals surface area contributed by atoms with Crippen LogP contribution in [0, 0.1) is 0 Å². The molecule has 2 nitrogen and oxygen atoms in total. The largest absolute Gasteiger partial charge is 0.391 e. The summed E-state index contributed by atoms with van der Waals surface area (Å²) in [6.45, 7) is 0.713.